The standard InChI is InChI=1S/C48H41BrO24/c1-18(50)62-30-13-32(64-20(3)52)38(33(14-30)65-21(4)53)40-36(68-24(7)56)17-37(69-25(8)57)41(45(40)70-26(9)58)43-46(71-27(10)59)42(47(72-28(11)60)44(49)48(43)73-29(12)61)39-34(66-22(5)54)15-31(63-19(2)51)16-35(39)67-23(6)55/h13-17H,1-12H3. The molecular formula is C48H41BrO24. The number of benzene rings is 4. The van der Waals surface area contributed by atoms with Crippen molar-refractivity contribution in [3.05, 3.63) is 34.8 Å². The second-order valence-electron chi connectivity index (χ2n) is 14.7. The number of halogens is 1. The Kier molecular flexibility index (Phi) is 18.4. The van der Waals surface area contributed by atoms with Gasteiger partial charge in [0, 0.05) is 113 Å². The van der Waals surface area contributed by atoms with Gasteiger partial charge in [-0.1, -0.05) is 0 Å². The average molecular weight is 1080 g/mol. The molecule has 0 spiro atoms. The van der Waals surface area contributed by atoms with Crippen molar-refractivity contribution in [2.45, 2.75) is 83.1 Å². The van der Waals surface area contributed by atoms with Gasteiger partial charge in [-0.2, -0.15) is 0 Å². The van der Waals surface area contributed by atoms with Gasteiger partial charge < -0.3 is 56.8 Å². The molecule has 0 atom stereocenters. The zero-order chi connectivity index (χ0) is 54.9. The predicted molar refractivity (Wildman–Crippen MR) is 246 cm³/mol. The van der Waals surface area contributed by atoms with Crippen LogP contribution in [0.15, 0.2) is 34.8 Å². The van der Waals surface area contributed by atoms with Crippen LogP contribution in [0.5, 0.6) is 69.0 Å². The van der Waals surface area contributed by atoms with E-state index in [4.69, 9.17) is 56.8 Å². The fourth-order valence-corrected chi connectivity index (χ4v) is 7.21. The molecule has 0 aromatic heterocycles. The largest absolute Gasteiger partial charge is 0.426 e. The molecule has 0 N–H and O–H groups in total. The van der Waals surface area contributed by atoms with Gasteiger partial charge in [-0.3, -0.25) is 57.5 Å². The Morgan fingerprint density at radius 3 is 0.699 bits per heavy atom. The van der Waals surface area contributed by atoms with Gasteiger partial charge in [-0.15, -0.1) is 0 Å². The van der Waals surface area contributed by atoms with Gasteiger partial charge in [0.2, 0.25) is 0 Å². The highest BCUT2D eigenvalue weighted by molar-refractivity contribution is 9.10. The highest BCUT2D eigenvalue weighted by Gasteiger charge is 2.40. The topological polar surface area (TPSA) is 316 Å². The van der Waals surface area contributed by atoms with Gasteiger partial charge in [-0.05, 0) is 15.9 Å². The molecule has 24 nitrogen and oxygen atoms in total. The first-order chi connectivity index (χ1) is 34.0. The maximum absolute atomic E-state index is 13.6. The molecule has 0 unspecified atom stereocenters. The quantitative estimate of drug-likeness (QED) is 0.0899. The van der Waals surface area contributed by atoms with E-state index >= 15 is 0 Å². The minimum absolute atomic E-state index is 0.417. The SMILES string of the molecule is CC(=O)Oc1cc(OC(C)=O)c(-c2c(OC(C)=O)cc(OC(C)=O)c(-c3c(OC(C)=O)c(Br)c(OC(C)=O)c(-c4c(OC(C)=O)cc(OC(C)=O)cc4OC(C)=O)c3OC(C)=O)c2OC(C)=O)c(OC(C)=O)c1. The molecule has 384 valence electrons. The van der Waals surface area contributed by atoms with E-state index in [1.165, 1.54) is 0 Å². The van der Waals surface area contributed by atoms with E-state index in [-0.39, 0.29) is 0 Å². The molecule has 0 aliphatic carbocycles. The van der Waals surface area contributed by atoms with Crippen LogP contribution >= 0.6 is 15.9 Å². The summed E-state index contributed by atoms with van der Waals surface area (Å²) < 4.78 is 66.5. The monoisotopic (exact) mass is 1080 g/mol. The van der Waals surface area contributed by atoms with Crippen molar-refractivity contribution in [3.63, 3.8) is 0 Å². The third kappa shape index (κ3) is 14.5. The van der Waals surface area contributed by atoms with Crippen LogP contribution in [-0.2, 0) is 57.5 Å². The second-order valence-corrected chi connectivity index (χ2v) is 15.5. The van der Waals surface area contributed by atoms with Crippen LogP contribution in [0.1, 0.15) is 83.1 Å². The fourth-order valence-electron chi connectivity index (χ4n) is 6.65. The lowest BCUT2D eigenvalue weighted by Crippen LogP contribution is -2.16. The zero-order valence-corrected chi connectivity index (χ0v) is 42.1. The first-order valence-corrected chi connectivity index (χ1v) is 21.5. The average Bonchev–Trinajstić information content (AvgIpc) is 3.19. The van der Waals surface area contributed by atoms with Crippen LogP contribution in [-0.4, -0.2) is 71.6 Å². The maximum Gasteiger partial charge on any atom is 0.308 e. The highest BCUT2D eigenvalue weighted by atomic mass is 79.9. The summed E-state index contributed by atoms with van der Waals surface area (Å²) in [4.78, 5) is 156. The molecule has 4 rings (SSSR count). The molecule has 0 saturated carbocycles. The summed E-state index contributed by atoms with van der Waals surface area (Å²) in [5.74, 6) is -22.0. The minimum Gasteiger partial charge on any atom is -0.426 e. The van der Waals surface area contributed by atoms with E-state index in [1.807, 2.05) is 0 Å². The summed E-state index contributed by atoms with van der Waals surface area (Å²) >= 11 is 3.28. The van der Waals surface area contributed by atoms with Crippen molar-refractivity contribution in [1.82, 2.24) is 0 Å². The van der Waals surface area contributed by atoms with Crippen LogP contribution in [0, 0.1) is 0 Å². The minimum atomic E-state index is -1.26. The maximum atomic E-state index is 13.6. The lowest BCUT2D eigenvalue weighted by Gasteiger charge is -2.27. The lowest BCUT2D eigenvalue weighted by atomic mass is 9.89. The molecule has 0 amide bonds. The Morgan fingerprint density at radius 2 is 0.438 bits per heavy atom. The molecule has 4 aromatic rings. The third-order valence-electron chi connectivity index (χ3n) is 8.37. The van der Waals surface area contributed by atoms with E-state index in [9.17, 15) is 57.5 Å². The van der Waals surface area contributed by atoms with Crippen molar-refractivity contribution in [1.29, 1.82) is 0 Å². The smallest absolute Gasteiger partial charge is 0.308 e. The van der Waals surface area contributed by atoms with E-state index < -0.39 is 178 Å². The molecular weight excluding hydrogens is 1040 g/mol. The second kappa shape index (κ2) is 23.7. The van der Waals surface area contributed by atoms with E-state index in [2.05, 4.69) is 15.9 Å². The zero-order valence-electron chi connectivity index (χ0n) is 40.6. The first kappa shape index (κ1) is 56.6. The normalized spacial score (nSPS) is 10.4. The van der Waals surface area contributed by atoms with Crippen LogP contribution < -0.4 is 56.8 Å². The molecule has 25 heteroatoms. The Bertz CT molecular complexity index is 3000. The Labute approximate surface area is 421 Å². The Hall–Kier alpha value is -9.00. The van der Waals surface area contributed by atoms with Crippen LogP contribution in [0.4, 0.5) is 0 Å². The molecule has 4 aromatic carbocycles. The molecule has 0 saturated heterocycles. The molecule has 0 bridgehead atoms. The third-order valence-corrected chi connectivity index (χ3v) is 9.09. The van der Waals surface area contributed by atoms with Crippen LogP contribution in [0.3, 0.4) is 0 Å². The molecule has 0 aliphatic heterocycles. The van der Waals surface area contributed by atoms with Crippen molar-refractivity contribution in [3.8, 4) is 102 Å². The Morgan fingerprint density at radius 1 is 0.247 bits per heavy atom. The predicted octanol–water partition coefficient (Wildman–Crippen LogP) is 6.55. The van der Waals surface area contributed by atoms with Crippen molar-refractivity contribution in [2.75, 3.05) is 0 Å². The molecule has 0 fully saturated rings. The van der Waals surface area contributed by atoms with Crippen molar-refractivity contribution >= 4 is 87.6 Å². The summed E-state index contributed by atoms with van der Waals surface area (Å²) in [7, 11) is 0. The van der Waals surface area contributed by atoms with Gasteiger partial charge in [-0.25, -0.2) is 0 Å². The van der Waals surface area contributed by atoms with Gasteiger partial charge >= 0.3 is 71.6 Å². The van der Waals surface area contributed by atoms with Gasteiger partial charge in [0.25, 0.3) is 0 Å². The van der Waals surface area contributed by atoms with E-state index in [0.29, 0.717) is 0 Å². The number of hydrogen-bond donors (Lipinski definition) is 0. The summed E-state index contributed by atoms with van der Waals surface area (Å²) in [6.45, 7) is 11.0. The van der Waals surface area contributed by atoms with Gasteiger partial charge in [0.1, 0.15) is 50.5 Å². The van der Waals surface area contributed by atoms with Crippen LogP contribution in [0.2, 0.25) is 0 Å². The highest BCUT2D eigenvalue weighted by Crippen LogP contribution is 2.64. The van der Waals surface area contributed by atoms with Crippen molar-refractivity contribution < 1.29 is 114 Å². The lowest BCUT2D eigenvalue weighted by molar-refractivity contribution is -0.134. The van der Waals surface area contributed by atoms with E-state index in [1.54, 1.807) is 0 Å². The van der Waals surface area contributed by atoms with Crippen LogP contribution in [0.25, 0.3) is 33.4 Å². The summed E-state index contributed by atoms with van der Waals surface area (Å²) in [5.41, 5.74) is -4.40. The summed E-state index contributed by atoms with van der Waals surface area (Å²) in [5, 5.41) is 0. The molecule has 0 heterocycles. The van der Waals surface area contributed by atoms with E-state index in [0.717, 1.165) is 113 Å². The first-order valence-electron chi connectivity index (χ1n) is 20.7. The number of esters is 12. The Balaban J connectivity index is 2.69. The fraction of sp³-hybridized carbons (Fsp3) is 0.250. The molecule has 0 aliphatic rings. The number of hydrogen-bond acceptors (Lipinski definition) is 24. The van der Waals surface area contributed by atoms with Gasteiger partial charge in [0.05, 0.1) is 33.4 Å². The van der Waals surface area contributed by atoms with Gasteiger partial charge in [0.15, 0.2) is 23.0 Å². The number of ether oxygens (including phenoxy) is 12. The summed E-state index contributed by atoms with van der Waals surface area (Å²) in [6.07, 6.45) is 0. The summed E-state index contributed by atoms with van der Waals surface area (Å²) in [6, 6.07) is 4.54. The molecule has 0 radical (unpaired) electrons. The molecule has 73 heavy (non-hydrogen) atoms. The number of rotatable bonds is 15. The number of carbonyl (C=O) groups is 12. The van der Waals surface area contributed by atoms with Crippen molar-refractivity contribution in [2.24, 2.45) is 0 Å². The number of carbonyl (C=O) groups excluding carboxylic acids is 12.